The van der Waals surface area contributed by atoms with Gasteiger partial charge in [0.2, 0.25) is 5.91 Å². The molecule has 1 atom stereocenters. The van der Waals surface area contributed by atoms with Gasteiger partial charge in [-0.05, 0) is 24.3 Å². The van der Waals surface area contributed by atoms with Crippen molar-refractivity contribution in [3.05, 3.63) is 54.6 Å². The van der Waals surface area contributed by atoms with Crippen molar-refractivity contribution >= 4 is 11.6 Å². The van der Waals surface area contributed by atoms with E-state index in [-0.39, 0.29) is 12.3 Å². The summed E-state index contributed by atoms with van der Waals surface area (Å²) in [7, 11) is 0. The Labute approximate surface area is 123 Å². The lowest BCUT2D eigenvalue weighted by molar-refractivity contribution is -0.117. The van der Waals surface area contributed by atoms with E-state index in [2.05, 4.69) is 11.2 Å². The van der Waals surface area contributed by atoms with Crippen molar-refractivity contribution in [2.75, 3.05) is 5.32 Å². The molecule has 2 aromatic carbocycles. The summed E-state index contributed by atoms with van der Waals surface area (Å²) in [5.41, 5.74) is 6.24. The minimum atomic E-state index is -0.736. The molecular weight excluding hydrogens is 264 g/mol. The first kappa shape index (κ1) is 14.6. The molecule has 0 spiro atoms. The van der Waals surface area contributed by atoms with E-state index in [1.165, 1.54) is 0 Å². The Morgan fingerprint density at radius 1 is 1.19 bits per heavy atom. The minimum absolute atomic E-state index is 0.188. The van der Waals surface area contributed by atoms with Gasteiger partial charge < -0.3 is 15.8 Å². The van der Waals surface area contributed by atoms with Gasteiger partial charge in [0.15, 0.2) is 5.75 Å². The van der Waals surface area contributed by atoms with Crippen molar-refractivity contribution < 1.29 is 9.53 Å². The number of carbonyl (C=O) groups is 1. The van der Waals surface area contributed by atoms with Crippen molar-refractivity contribution in [2.24, 2.45) is 5.73 Å². The summed E-state index contributed by atoms with van der Waals surface area (Å²) in [6, 6.07) is 15.7. The Bertz CT molecular complexity index is 647. The number of rotatable bonds is 5. The smallest absolute Gasteiger partial charge is 0.242 e. The van der Waals surface area contributed by atoms with Crippen LogP contribution in [0.3, 0.4) is 0 Å². The van der Waals surface area contributed by atoms with E-state index in [4.69, 9.17) is 16.9 Å². The molecule has 4 nitrogen and oxygen atoms in total. The van der Waals surface area contributed by atoms with E-state index in [0.29, 0.717) is 17.2 Å². The average molecular weight is 280 g/mol. The zero-order valence-electron chi connectivity index (χ0n) is 11.5. The number of amides is 1. The topological polar surface area (TPSA) is 64.4 Å². The van der Waals surface area contributed by atoms with E-state index in [1.54, 1.807) is 18.2 Å². The molecule has 1 unspecified atom stereocenters. The Kier molecular flexibility index (Phi) is 4.97. The van der Waals surface area contributed by atoms with Crippen LogP contribution in [0.5, 0.6) is 11.5 Å². The van der Waals surface area contributed by atoms with Gasteiger partial charge in [-0.15, -0.1) is 12.3 Å². The van der Waals surface area contributed by atoms with Gasteiger partial charge in [0.25, 0.3) is 0 Å². The molecule has 0 aliphatic heterocycles. The van der Waals surface area contributed by atoms with Crippen molar-refractivity contribution in [1.82, 2.24) is 0 Å². The normalized spacial score (nSPS) is 11.2. The molecule has 0 aromatic heterocycles. The third-order valence-electron chi connectivity index (χ3n) is 2.79. The molecule has 0 fully saturated rings. The zero-order valence-corrected chi connectivity index (χ0v) is 11.5. The maximum Gasteiger partial charge on any atom is 0.242 e. The highest BCUT2D eigenvalue weighted by atomic mass is 16.5. The summed E-state index contributed by atoms with van der Waals surface area (Å²) in [5, 5.41) is 2.73. The third kappa shape index (κ3) is 4.10. The van der Waals surface area contributed by atoms with Crippen LogP contribution in [0.1, 0.15) is 6.42 Å². The van der Waals surface area contributed by atoms with Gasteiger partial charge in [0, 0.05) is 6.42 Å². The molecule has 106 valence electrons. The largest absolute Gasteiger partial charge is 0.455 e. The summed E-state index contributed by atoms with van der Waals surface area (Å²) in [6.07, 6.45) is 5.35. The predicted octanol–water partition coefficient (Wildman–Crippen LogP) is 2.77. The van der Waals surface area contributed by atoms with E-state index in [9.17, 15) is 4.79 Å². The van der Waals surface area contributed by atoms with Crippen LogP contribution in [-0.2, 0) is 4.79 Å². The molecule has 21 heavy (non-hydrogen) atoms. The lowest BCUT2D eigenvalue weighted by atomic mass is 10.2. The highest BCUT2D eigenvalue weighted by Gasteiger charge is 2.14. The molecule has 4 heteroatoms. The second-order valence-electron chi connectivity index (χ2n) is 4.42. The van der Waals surface area contributed by atoms with Gasteiger partial charge in [-0.25, -0.2) is 0 Å². The predicted molar refractivity (Wildman–Crippen MR) is 83.0 cm³/mol. The van der Waals surface area contributed by atoms with Crippen LogP contribution in [0, 0.1) is 12.3 Å². The van der Waals surface area contributed by atoms with E-state index in [0.717, 1.165) is 0 Å². The van der Waals surface area contributed by atoms with Gasteiger partial charge >= 0.3 is 0 Å². The number of nitrogens with two attached hydrogens (primary N) is 1. The van der Waals surface area contributed by atoms with Gasteiger partial charge in [0.1, 0.15) is 5.75 Å². The van der Waals surface area contributed by atoms with Crippen LogP contribution in [0.4, 0.5) is 5.69 Å². The van der Waals surface area contributed by atoms with Crippen LogP contribution in [0.2, 0.25) is 0 Å². The van der Waals surface area contributed by atoms with Crippen molar-refractivity contribution in [3.63, 3.8) is 0 Å². The standard InChI is InChI=1S/C17H16N2O2/c1-2-8-14(18)17(20)19-15-11-6-7-12-16(15)21-13-9-4-3-5-10-13/h1,3-7,9-12,14H,8,18H2,(H,19,20). The molecule has 0 saturated carbocycles. The van der Waals surface area contributed by atoms with E-state index in [1.807, 2.05) is 36.4 Å². The molecule has 0 aliphatic rings. The summed E-state index contributed by atoms with van der Waals surface area (Å²) in [4.78, 5) is 11.9. The molecule has 0 aliphatic carbocycles. The fourth-order valence-electron chi connectivity index (χ4n) is 1.72. The fourth-order valence-corrected chi connectivity index (χ4v) is 1.72. The number of carbonyl (C=O) groups excluding carboxylic acids is 1. The number of hydrogen-bond acceptors (Lipinski definition) is 3. The van der Waals surface area contributed by atoms with Crippen LogP contribution < -0.4 is 15.8 Å². The second kappa shape index (κ2) is 7.13. The number of ether oxygens (including phenoxy) is 1. The number of anilines is 1. The summed E-state index contributed by atoms with van der Waals surface area (Å²) in [6.45, 7) is 0. The van der Waals surface area contributed by atoms with Crippen LogP contribution >= 0.6 is 0 Å². The maximum atomic E-state index is 11.9. The van der Waals surface area contributed by atoms with Gasteiger partial charge in [-0.3, -0.25) is 4.79 Å². The Morgan fingerprint density at radius 2 is 1.86 bits per heavy atom. The van der Waals surface area contributed by atoms with E-state index >= 15 is 0 Å². The van der Waals surface area contributed by atoms with E-state index < -0.39 is 6.04 Å². The second-order valence-corrected chi connectivity index (χ2v) is 4.42. The first-order chi connectivity index (χ1) is 10.2. The number of nitrogens with one attached hydrogen (secondary N) is 1. The van der Waals surface area contributed by atoms with Gasteiger partial charge in [0.05, 0.1) is 11.7 Å². The molecule has 0 heterocycles. The number of terminal acetylenes is 1. The molecule has 0 radical (unpaired) electrons. The Balaban J connectivity index is 2.14. The summed E-state index contributed by atoms with van der Waals surface area (Å²) < 4.78 is 5.75. The quantitative estimate of drug-likeness (QED) is 0.828. The van der Waals surface area contributed by atoms with Gasteiger partial charge in [-0.2, -0.15) is 0 Å². The zero-order chi connectivity index (χ0) is 15.1. The van der Waals surface area contributed by atoms with Crippen LogP contribution in [0.15, 0.2) is 54.6 Å². The number of hydrogen-bond donors (Lipinski definition) is 2. The lowest BCUT2D eigenvalue weighted by Gasteiger charge is -2.14. The number of para-hydroxylation sites is 3. The molecule has 3 N–H and O–H groups in total. The lowest BCUT2D eigenvalue weighted by Crippen LogP contribution is -2.35. The first-order valence-electron chi connectivity index (χ1n) is 6.52. The molecule has 1 amide bonds. The fraction of sp³-hybridized carbons (Fsp3) is 0.118. The SMILES string of the molecule is C#CCC(N)C(=O)Nc1ccccc1Oc1ccccc1. The summed E-state index contributed by atoms with van der Waals surface area (Å²) >= 11 is 0. The molecule has 0 bridgehead atoms. The summed E-state index contributed by atoms with van der Waals surface area (Å²) in [5.74, 6) is 3.27. The Hall–Kier alpha value is -2.77. The van der Waals surface area contributed by atoms with Crippen molar-refractivity contribution in [3.8, 4) is 23.8 Å². The highest BCUT2D eigenvalue weighted by Crippen LogP contribution is 2.29. The molecular formula is C17H16N2O2. The molecule has 2 rings (SSSR count). The Morgan fingerprint density at radius 3 is 2.57 bits per heavy atom. The monoisotopic (exact) mass is 280 g/mol. The number of benzene rings is 2. The average Bonchev–Trinajstić information content (AvgIpc) is 2.50. The third-order valence-corrected chi connectivity index (χ3v) is 2.79. The van der Waals surface area contributed by atoms with Crippen LogP contribution in [0.25, 0.3) is 0 Å². The minimum Gasteiger partial charge on any atom is -0.455 e. The van der Waals surface area contributed by atoms with Crippen molar-refractivity contribution in [2.45, 2.75) is 12.5 Å². The van der Waals surface area contributed by atoms with Crippen LogP contribution in [-0.4, -0.2) is 11.9 Å². The molecule has 0 saturated heterocycles. The van der Waals surface area contributed by atoms with Gasteiger partial charge in [-0.1, -0.05) is 30.3 Å². The molecule has 2 aromatic rings. The first-order valence-corrected chi connectivity index (χ1v) is 6.52. The van der Waals surface area contributed by atoms with Crippen molar-refractivity contribution in [1.29, 1.82) is 0 Å². The highest BCUT2D eigenvalue weighted by molar-refractivity contribution is 5.96. The maximum absolute atomic E-state index is 11.9.